The molecular formula is C15H10F6O2S2. The Kier molecular flexibility index (Phi) is 3.31. The quantitative estimate of drug-likeness (QED) is 0.625. The lowest BCUT2D eigenvalue weighted by Crippen LogP contribution is -2.55. The number of alkyl halides is 6. The average Bonchev–Trinajstić information content (AvgIpc) is 3.19. The number of ether oxygens (including phenoxy) is 2. The monoisotopic (exact) mass is 400 g/mol. The van der Waals surface area contributed by atoms with Gasteiger partial charge in [-0.3, -0.25) is 0 Å². The van der Waals surface area contributed by atoms with Gasteiger partial charge in [-0.25, -0.2) is 0 Å². The van der Waals surface area contributed by atoms with Gasteiger partial charge in [0.15, 0.2) is 9.87 Å². The molecule has 0 N–H and O–H groups in total. The Morgan fingerprint density at radius 1 is 0.720 bits per heavy atom. The lowest BCUT2D eigenvalue weighted by atomic mass is 9.80. The normalized spacial score (nSPS) is 39.0. The van der Waals surface area contributed by atoms with Crippen LogP contribution in [0.25, 0.3) is 0 Å². The number of fused-ring (bicyclic) bond motifs is 4. The second-order valence-corrected chi connectivity index (χ2v) is 7.95. The van der Waals surface area contributed by atoms with Gasteiger partial charge in [0.05, 0.1) is 0 Å². The lowest BCUT2D eigenvalue weighted by molar-refractivity contribution is -0.258. The van der Waals surface area contributed by atoms with Crippen LogP contribution in [0.5, 0.6) is 0 Å². The van der Waals surface area contributed by atoms with Crippen LogP contribution in [-0.2, 0) is 9.47 Å². The van der Waals surface area contributed by atoms with Gasteiger partial charge in [-0.1, -0.05) is 23.5 Å². The van der Waals surface area contributed by atoms with Gasteiger partial charge in [-0.15, -0.1) is 0 Å². The second-order valence-electron chi connectivity index (χ2n) is 5.78. The third-order valence-corrected chi connectivity index (χ3v) is 7.55. The molecule has 2 aliphatic carbocycles. The zero-order valence-electron chi connectivity index (χ0n) is 12.7. The van der Waals surface area contributed by atoms with Gasteiger partial charge in [0, 0.05) is 36.5 Å². The molecule has 0 aromatic carbocycles. The number of allylic oxidation sites excluding steroid dienone is 2. The molecule has 2 atom stereocenters. The van der Waals surface area contributed by atoms with Crippen molar-refractivity contribution in [2.45, 2.75) is 27.6 Å². The minimum absolute atomic E-state index is 0.418. The van der Waals surface area contributed by atoms with Gasteiger partial charge in [0.1, 0.15) is 0 Å². The predicted octanol–water partition coefficient (Wildman–Crippen LogP) is 4.72. The third-order valence-electron chi connectivity index (χ3n) is 4.86. The van der Waals surface area contributed by atoms with Gasteiger partial charge in [0.25, 0.3) is 0 Å². The Morgan fingerprint density at radius 3 is 1.40 bits per heavy atom. The standard InChI is InChI=1S/C15H10F6O2S2/c1-22-13-7(3-5-24-13)9-10(8-4-6-25-14(8,13)23-2)12(18,19)15(20,21)11(9,16)17/h3-6H,1-2H3. The van der Waals surface area contributed by atoms with Crippen LogP contribution in [0.3, 0.4) is 0 Å². The van der Waals surface area contributed by atoms with E-state index in [1.807, 2.05) is 0 Å². The van der Waals surface area contributed by atoms with E-state index in [1.165, 1.54) is 25.0 Å². The van der Waals surface area contributed by atoms with E-state index in [2.05, 4.69) is 0 Å². The van der Waals surface area contributed by atoms with Crippen LogP contribution in [0.2, 0.25) is 0 Å². The van der Waals surface area contributed by atoms with Crippen molar-refractivity contribution in [3.63, 3.8) is 0 Å². The first-order chi connectivity index (χ1) is 11.5. The Hall–Kier alpha value is -0.840. The average molecular weight is 400 g/mol. The molecule has 0 aromatic heterocycles. The molecule has 2 nitrogen and oxygen atoms in total. The van der Waals surface area contributed by atoms with E-state index in [9.17, 15) is 26.3 Å². The van der Waals surface area contributed by atoms with Crippen molar-refractivity contribution in [3.05, 3.63) is 45.3 Å². The first-order valence-corrected chi connectivity index (χ1v) is 8.74. The molecule has 1 saturated carbocycles. The summed E-state index contributed by atoms with van der Waals surface area (Å²) >= 11 is 1.84. The van der Waals surface area contributed by atoms with Crippen molar-refractivity contribution in [2.24, 2.45) is 0 Å². The zero-order chi connectivity index (χ0) is 18.5. The molecule has 4 aliphatic rings. The molecular weight excluding hydrogens is 390 g/mol. The molecule has 0 amide bonds. The van der Waals surface area contributed by atoms with Gasteiger partial charge in [-0.05, 0) is 23.0 Å². The van der Waals surface area contributed by atoms with Crippen LogP contribution < -0.4 is 0 Å². The number of methoxy groups -OCH3 is 2. The molecule has 2 aliphatic heterocycles. The fourth-order valence-electron chi connectivity index (χ4n) is 3.77. The maximum atomic E-state index is 14.5. The summed E-state index contributed by atoms with van der Waals surface area (Å²) in [5.74, 6) is -15.7. The third kappa shape index (κ3) is 1.54. The topological polar surface area (TPSA) is 18.5 Å². The molecule has 2 heterocycles. The smallest absolute Gasteiger partial charge is 0.358 e. The summed E-state index contributed by atoms with van der Waals surface area (Å²) in [5, 5.41) is 2.72. The number of halogens is 6. The van der Waals surface area contributed by atoms with Crippen LogP contribution >= 0.6 is 23.5 Å². The van der Waals surface area contributed by atoms with Crippen molar-refractivity contribution < 1.29 is 35.8 Å². The van der Waals surface area contributed by atoms with E-state index in [1.54, 1.807) is 0 Å². The maximum absolute atomic E-state index is 14.5. The molecule has 0 aromatic rings. The largest absolute Gasteiger partial charge is 0.380 e. The lowest BCUT2D eigenvalue weighted by Gasteiger charge is -2.48. The fraction of sp³-hybridized carbons (Fsp3) is 0.467. The molecule has 0 spiro atoms. The van der Waals surface area contributed by atoms with Crippen LogP contribution in [0, 0.1) is 0 Å². The Labute approximate surface area is 147 Å². The van der Waals surface area contributed by atoms with Crippen LogP contribution in [0.15, 0.2) is 45.3 Å². The minimum Gasteiger partial charge on any atom is -0.358 e. The SMILES string of the molecule is COC12SC=CC1=C1C(=C3C=CSC32OC)C(F)(F)C(F)(F)C1(F)F. The molecule has 0 radical (unpaired) electrons. The first-order valence-electron chi connectivity index (χ1n) is 6.98. The van der Waals surface area contributed by atoms with E-state index in [0.717, 1.165) is 35.7 Å². The predicted molar refractivity (Wildman–Crippen MR) is 81.8 cm³/mol. The maximum Gasteiger partial charge on any atom is 0.380 e. The van der Waals surface area contributed by atoms with E-state index < -0.39 is 49.9 Å². The Morgan fingerprint density at radius 2 is 1.08 bits per heavy atom. The van der Waals surface area contributed by atoms with E-state index in [0.29, 0.717) is 0 Å². The molecule has 136 valence electrons. The zero-order valence-corrected chi connectivity index (χ0v) is 14.3. The molecule has 0 bridgehead atoms. The van der Waals surface area contributed by atoms with Crippen molar-refractivity contribution in [1.29, 1.82) is 0 Å². The number of hydrogen-bond donors (Lipinski definition) is 0. The van der Waals surface area contributed by atoms with Crippen LogP contribution in [-0.4, -0.2) is 41.9 Å². The van der Waals surface area contributed by atoms with E-state index in [-0.39, 0.29) is 0 Å². The van der Waals surface area contributed by atoms with Crippen LogP contribution in [0.1, 0.15) is 0 Å². The highest BCUT2D eigenvalue weighted by Gasteiger charge is 2.85. The number of rotatable bonds is 2. The fourth-order valence-corrected chi connectivity index (χ4v) is 6.33. The van der Waals surface area contributed by atoms with E-state index in [4.69, 9.17) is 9.47 Å². The molecule has 25 heavy (non-hydrogen) atoms. The van der Waals surface area contributed by atoms with Gasteiger partial charge < -0.3 is 9.47 Å². The summed E-state index contributed by atoms with van der Waals surface area (Å²) in [5.41, 5.74) is -3.59. The van der Waals surface area contributed by atoms with Crippen LogP contribution in [0.4, 0.5) is 26.3 Å². The molecule has 10 heteroatoms. The summed E-state index contributed by atoms with van der Waals surface area (Å²) in [7, 11) is 2.40. The van der Waals surface area contributed by atoms with Crippen molar-refractivity contribution >= 4 is 23.5 Å². The number of hydrogen-bond acceptors (Lipinski definition) is 4. The Balaban J connectivity index is 2.19. The second kappa shape index (κ2) is 4.71. The molecule has 4 rings (SSSR count). The summed E-state index contributed by atoms with van der Waals surface area (Å²) in [6, 6.07) is 0. The highest BCUT2D eigenvalue weighted by atomic mass is 32.2. The number of thioether (sulfide) groups is 2. The first kappa shape index (κ1) is 17.6. The van der Waals surface area contributed by atoms with E-state index >= 15 is 0 Å². The van der Waals surface area contributed by atoms with Crippen molar-refractivity contribution in [1.82, 2.24) is 0 Å². The van der Waals surface area contributed by atoms with Crippen molar-refractivity contribution in [3.8, 4) is 0 Å². The van der Waals surface area contributed by atoms with Gasteiger partial charge >= 0.3 is 17.8 Å². The highest BCUT2D eigenvalue weighted by molar-refractivity contribution is 8.08. The molecule has 1 fully saturated rings. The Bertz CT molecular complexity index is 736. The minimum atomic E-state index is -5.56. The van der Waals surface area contributed by atoms with Gasteiger partial charge in [-0.2, -0.15) is 26.3 Å². The molecule has 2 unspecified atom stereocenters. The summed E-state index contributed by atoms with van der Waals surface area (Å²) in [4.78, 5) is -3.35. The van der Waals surface area contributed by atoms with Crippen molar-refractivity contribution in [2.75, 3.05) is 14.2 Å². The highest BCUT2D eigenvalue weighted by Crippen LogP contribution is 2.72. The molecule has 0 saturated heterocycles. The van der Waals surface area contributed by atoms with Gasteiger partial charge in [0.2, 0.25) is 0 Å². The summed E-state index contributed by atoms with van der Waals surface area (Å²) < 4.78 is 97.0. The summed E-state index contributed by atoms with van der Waals surface area (Å²) in [6.45, 7) is 0. The summed E-state index contributed by atoms with van der Waals surface area (Å²) in [6.07, 6.45) is 2.23.